The van der Waals surface area contributed by atoms with Crippen LogP contribution in [0.15, 0.2) is 22.7 Å². The first kappa shape index (κ1) is 15.6. The molecular weight excluding hydrogens is 295 g/mol. The number of likely N-dealkylation sites (N-methyl/N-ethyl adjacent to an activating group) is 1. The Morgan fingerprint density at radius 3 is 2.50 bits per heavy atom. The lowest BCUT2D eigenvalue weighted by atomic mass is 10.0. The number of nitrogens with one attached hydrogen (secondary N) is 1. The van der Waals surface area contributed by atoms with E-state index < -0.39 is 0 Å². The van der Waals surface area contributed by atoms with Crippen molar-refractivity contribution in [3.05, 3.63) is 34.1 Å². The summed E-state index contributed by atoms with van der Waals surface area (Å²) in [4.78, 5) is 2.23. The van der Waals surface area contributed by atoms with Crippen LogP contribution in [0.5, 0.6) is 0 Å². The van der Waals surface area contributed by atoms with E-state index in [0.717, 1.165) is 23.1 Å². The van der Waals surface area contributed by atoms with E-state index in [0.29, 0.717) is 12.0 Å². The summed E-state index contributed by atoms with van der Waals surface area (Å²) in [6.45, 7) is 6.12. The van der Waals surface area contributed by atoms with E-state index in [1.54, 1.807) is 0 Å². The highest BCUT2D eigenvalue weighted by molar-refractivity contribution is 9.10. The summed E-state index contributed by atoms with van der Waals surface area (Å²) < 4.78 is 13.8. The monoisotopic (exact) mass is 316 g/mol. The molecule has 0 heterocycles. The van der Waals surface area contributed by atoms with Gasteiger partial charge in [-0.05, 0) is 37.7 Å². The van der Waals surface area contributed by atoms with Crippen LogP contribution < -0.4 is 5.32 Å². The van der Waals surface area contributed by atoms with Crippen LogP contribution in [0.4, 0.5) is 4.39 Å². The van der Waals surface area contributed by atoms with Crippen molar-refractivity contribution in [3.63, 3.8) is 0 Å². The van der Waals surface area contributed by atoms with E-state index in [-0.39, 0.29) is 5.82 Å². The zero-order valence-corrected chi connectivity index (χ0v) is 13.1. The second kappa shape index (κ2) is 7.22. The molecule has 0 saturated heterocycles. The lowest BCUT2D eigenvalue weighted by molar-refractivity contribution is 0.224. The maximum absolute atomic E-state index is 13.0. The number of hydrogen-bond donors (Lipinski definition) is 1. The minimum atomic E-state index is -0.209. The number of benzene rings is 1. The highest BCUT2D eigenvalue weighted by Gasteiger charge is 2.15. The van der Waals surface area contributed by atoms with Crippen molar-refractivity contribution in [2.75, 3.05) is 20.6 Å². The third-order valence-electron chi connectivity index (χ3n) is 3.12. The fourth-order valence-electron chi connectivity index (χ4n) is 2.03. The van der Waals surface area contributed by atoms with Gasteiger partial charge in [0.15, 0.2) is 0 Å². The third kappa shape index (κ3) is 4.67. The van der Waals surface area contributed by atoms with Crippen LogP contribution in [-0.4, -0.2) is 31.6 Å². The molecule has 1 atom stereocenters. The summed E-state index contributed by atoms with van der Waals surface area (Å²) in [6, 6.07) is 5.31. The predicted octanol–water partition coefficient (Wildman–Crippen LogP) is 3.26. The van der Waals surface area contributed by atoms with Gasteiger partial charge in [0, 0.05) is 23.6 Å². The number of nitrogens with zero attached hydrogens (tertiary/aromatic N) is 1. The maximum atomic E-state index is 13.0. The Labute approximate surface area is 118 Å². The molecule has 0 aliphatic heterocycles. The topological polar surface area (TPSA) is 15.3 Å². The minimum absolute atomic E-state index is 0.209. The maximum Gasteiger partial charge on any atom is 0.124 e. The molecule has 0 fully saturated rings. The molecule has 0 amide bonds. The fourth-order valence-corrected chi connectivity index (χ4v) is 2.53. The van der Waals surface area contributed by atoms with Crippen molar-refractivity contribution in [1.29, 1.82) is 0 Å². The minimum Gasteiger partial charge on any atom is -0.311 e. The molecule has 0 spiro atoms. The summed E-state index contributed by atoms with van der Waals surface area (Å²) in [5, 5.41) is 3.43. The molecule has 1 rings (SSSR count). The smallest absolute Gasteiger partial charge is 0.124 e. The first-order valence-electron chi connectivity index (χ1n) is 6.23. The van der Waals surface area contributed by atoms with Crippen LogP contribution in [0, 0.1) is 11.7 Å². The van der Waals surface area contributed by atoms with Gasteiger partial charge in [0.1, 0.15) is 5.82 Å². The average Bonchev–Trinajstić information content (AvgIpc) is 2.25. The van der Waals surface area contributed by atoms with Gasteiger partial charge in [-0.2, -0.15) is 0 Å². The van der Waals surface area contributed by atoms with Gasteiger partial charge < -0.3 is 10.2 Å². The molecule has 0 aliphatic rings. The zero-order valence-electron chi connectivity index (χ0n) is 11.5. The van der Waals surface area contributed by atoms with E-state index in [2.05, 4.69) is 54.1 Å². The van der Waals surface area contributed by atoms with Crippen LogP contribution in [0.2, 0.25) is 0 Å². The Morgan fingerprint density at radius 1 is 1.33 bits per heavy atom. The SMILES string of the molecule is CC(C)C(CNCc1ccc(F)cc1Br)N(C)C. The van der Waals surface area contributed by atoms with Crippen LogP contribution in [0.1, 0.15) is 19.4 Å². The first-order valence-corrected chi connectivity index (χ1v) is 7.02. The Bertz CT molecular complexity index is 372. The van der Waals surface area contributed by atoms with Gasteiger partial charge >= 0.3 is 0 Å². The van der Waals surface area contributed by atoms with Crippen molar-refractivity contribution in [1.82, 2.24) is 10.2 Å². The predicted molar refractivity (Wildman–Crippen MR) is 78.1 cm³/mol. The van der Waals surface area contributed by atoms with Gasteiger partial charge in [-0.1, -0.05) is 35.8 Å². The number of rotatable bonds is 6. The van der Waals surface area contributed by atoms with E-state index in [1.807, 2.05) is 6.07 Å². The first-order chi connectivity index (χ1) is 8.41. The van der Waals surface area contributed by atoms with Gasteiger partial charge in [0.05, 0.1) is 0 Å². The average molecular weight is 317 g/mol. The third-order valence-corrected chi connectivity index (χ3v) is 3.86. The molecule has 2 nitrogen and oxygen atoms in total. The quantitative estimate of drug-likeness (QED) is 0.866. The summed E-state index contributed by atoms with van der Waals surface area (Å²) >= 11 is 3.38. The van der Waals surface area contributed by atoms with Crippen LogP contribution in [-0.2, 0) is 6.54 Å². The molecule has 18 heavy (non-hydrogen) atoms. The summed E-state index contributed by atoms with van der Waals surface area (Å²) in [5.41, 5.74) is 1.08. The normalized spacial score (nSPS) is 13.3. The van der Waals surface area contributed by atoms with Crippen LogP contribution >= 0.6 is 15.9 Å². The largest absolute Gasteiger partial charge is 0.311 e. The molecule has 0 bridgehead atoms. The van der Waals surface area contributed by atoms with Gasteiger partial charge in [0.2, 0.25) is 0 Å². The lowest BCUT2D eigenvalue weighted by Crippen LogP contribution is -2.41. The molecule has 0 saturated carbocycles. The summed E-state index contributed by atoms with van der Waals surface area (Å²) in [6.07, 6.45) is 0. The molecule has 1 unspecified atom stereocenters. The van der Waals surface area contributed by atoms with Crippen molar-refractivity contribution >= 4 is 15.9 Å². The number of halogens is 2. The molecule has 4 heteroatoms. The van der Waals surface area contributed by atoms with Gasteiger partial charge in [-0.15, -0.1) is 0 Å². The fraction of sp³-hybridized carbons (Fsp3) is 0.571. The molecule has 1 aromatic rings. The summed E-state index contributed by atoms with van der Waals surface area (Å²) in [5.74, 6) is 0.392. The summed E-state index contributed by atoms with van der Waals surface area (Å²) in [7, 11) is 4.19. The highest BCUT2D eigenvalue weighted by Crippen LogP contribution is 2.17. The van der Waals surface area contributed by atoms with Crippen LogP contribution in [0.3, 0.4) is 0 Å². The Kier molecular flexibility index (Phi) is 6.26. The molecular formula is C14H22BrFN2. The van der Waals surface area contributed by atoms with E-state index in [9.17, 15) is 4.39 Å². The molecule has 102 valence electrons. The molecule has 1 aromatic carbocycles. The van der Waals surface area contributed by atoms with E-state index in [1.165, 1.54) is 12.1 Å². The van der Waals surface area contributed by atoms with Gasteiger partial charge in [-0.3, -0.25) is 0 Å². The standard InChI is InChI=1S/C14H22BrFN2/c1-10(2)14(18(3)4)9-17-8-11-5-6-12(16)7-13(11)15/h5-7,10,14,17H,8-9H2,1-4H3. The molecule has 0 aromatic heterocycles. The highest BCUT2D eigenvalue weighted by atomic mass is 79.9. The van der Waals surface area contributed by atoms with E-state index in [4.69, 9.17) is 0 Å². The van der Waals surface area contributed by atoms with Crippen molar-refractivity contribution in [3.8, 4) is 0 Å². The number of hydrogen-bond acceptors (Lipinski definition) is 2. The Morgan fingerprint density at radius 2 is 2.00 bits per heavy atom. The van der Waals surface area contributed by atoms with Gasteiger partial charge in [0.25, 0.3) is 0 Å². The molecule has 1 N–H and O–H groups in total. The van der Waals surface area contributed by atoms with Crippen molar-refractivity contribution in [2.45, 2.75) is 26.4 Å². The second-order valence-corrected chi connectivity index (χ2v) is 6.00. The lowest BCUT2D eigenvalue weighted by Gasteiger charge is -2.28. The zero-order chi connectivity index (χ0) is 13.7. The van der Waals surface area contributed by atoms with Crippen molar-refractivity contribution < 1.29 is 4.39 Å². The second-order valence-electron chi connectivity index (χ2n) is 5.14. The Balaban J connectivity index is 2.50. The van der Waals surface area contributed by atoms with Crippen LogP contribution in [0.25, 0.3) is 0 Å². The van der Waals surface area contributed by atoms with E-state index >= 15 is 0 Å². The van der Waals surface area contributed by atoms with Gasteiger partial charge in [-0.25, -0.2) is 4.39 Å². The molecule has 0 aliphatic carbocycles. The molecule has 0 radical (unpaired) electrons. The Hall–Kier alpha value is -0.450. The van der Waals surface area contributed by atoms with Crippen molar-refractivity contribution in [2.24, 2.45) is 5.92 Å².